The average molecular weight is 282 g/mol. The lowest BCUT2D eigenvalue weighted by Gasteiger charge is -2.15. The molecule has 0 aromatic carbocycles. The Hall–Kier alpha value is -2.05. The number of carbonyl (C=O) groups is 2. The molecule has 7 nitrogen and oxygen atoms in total. The molecule has 1 aromatic rings. The number of nitrogens with one attached hydrogen (secondary N) is 2. The number of carboxylic acids is 1. The van der Waals surface area contributed by atoms with E-state index in [0.29, 0.717) is 11.6 Å². The molecule has 0 spiro atoms. The van der Waals surface area contributed by atoms with Crippen LogP contribution in [0.1, 0.15) is 33.6 Å². The Morgan fingerprint density at radius 2 is 2.05 bits per heavy atom. The summed E-state index contributed by atoms with van der Waals surface area (Å²) in [6, 6.07) is -0.220. The highest BCUT2D eigenvalue weighted by Gasteiger charge is 2.09. The fraction of sp³-hybridized carbons (Fsp3) is 0.615. The lowest BCUT2D eigenvalue weighted by molar-refractivity contribution is -0.137. The lowest BCUT2D eigenvalue weighted by Crippen LogP contribution is -2.36. The molecule has 0 radical (unpaired) electrons. The minimum Gasteiger partial charge on any atom is -0.480 e. The highest BCUT2D eigenvalue weighted by molar-refractivity contribution is 5.89. The Morgan fingerprint density at radius 1 is 1.35 bits per heavy atom. The van der Waals surface area contributed by atoms with E-state index >= 15 is 0 Å². The third-order valence-electron chi connectivity index (χ3n) is 2.74. The second kappa shape index (κ2) is 7.52. The monoisotopic (exact) mass is 282 g/mol. The first-order valence-corrected chi connectivity index (χ1v) is 6.68. The molecule has 0 aliphatic carbocycles. The van der Waals surface area contributed by atoms with E-state index in [1.165, 1.54) is 17.1 Å². The van der Waals surface area contributed by atoms with Gasteiger partial charge in [-0.25, -0.2) is 4.79 Å². The van der Waals surface area contributed by atoms with Gasteiger partial charge in [-0.2, -0.15) is 5.10 Å². The summed E-state index contributed by atoms with van der Waals surface area (Å²) >= 11 is 0. The van der Waals surface area contributed by atoms with Gasteiger partial charge in [0.05, 0.1) is 11.9 Å². The molecule has 1 unspecified atom stereocenters. The first kappa shape index (κ1) is 16.0. The SMILES string of the molecule is CC(C)CCC(C)NC(=O)Nc1cnn(CC(=O)O)c1. The Kier molecular flexibility index (Phi) is 6.02. The van der Waals surface area contributed by atoms with Crippen molar-refractivity contribution >= 4 is 17.7 Å². The van der Waals surface area contributed by atoms with E-state index in [-0.39, 0.29) is 18.6 Å². The number of hydrogen-bond acceptors (Lipinski definition) is 3. The number of carbonyl (C=O) groups excluding carboxylic acids is 1. The molecule has 0 aliphatic rings. The van der Waals surface area contributed by atoms with E-state index in [0.717, 1.165) is 12.8 Å². The summed E-state index contributed by atoms with van der Waals surface area (Å²) in [5.41, 5.74) is 0.472. The van der Waals surface area contributed by atoms with E-state index in [9.17, 15) is 9.59 Å². The first-order valence-electron chi connectivity index (χ1n) is 6.68. The van der Waals surface area contributed by atoms with E-state index in [2.05, 4.69) is 29.6 Å². The van der Waals surface area contributed by atoms with Crippen molar-refractivity contribution in [1.29, 1.82) is 0 Å². The van der Waals surface area contributed by atoms with Crippen LogP contribution in [0.3, 0.4) is 0 Å². The number of amides is 2. The van der Waals surface area contributed by atoms with Crippen LogP contribution in [0, 0.1) is 5.92 Å². The third-order valence-corrected chi connectivity index (χ3v) is 2.74. The smallest absolute Gasteiger partial charge is 0.325 e. The molecule has 0 saturated heterocycles. The molecule has 1 heterocycles. The van der Waals surface area contributed by atoms with Gasteiger partial charge in [0.1, 0.15) is 6.54 Å². The maximum atomic E-state index is 11.7. The number of aliphatic carboxylic acids is 1. The van der Waals surface area contributed by atoms with Gasteiger partial charge in [-0.1, -0.05) is 13.8 Å². The third kappa shape index (κ3) is 6.21. The molecule has 1 aromatic heterocycles. The van der Waals surface area contributed by atoms with Gasteiger partial charge < -0.3 is 15.7 Å². The summed E-state index contributed by atoms with van der Waals surface area (Å²) in [5.74, 6) is -0.372. The number of nitrogens with zero attached hydrogens (tertiary/aromatic N) is 2. The van der Waals surface area contributed by atoms with E-state index in [1.54, 1.807) is 0 Å². The Bertz CT molecular complexity index is 456. The predicted molar refractivity (Wildman–Crippen MR) is 75.6 cm³/mol. The first-order chi connectivity index (χ1) is 9.36. The standard InChI is InChI=1S/C13H22N4O3/c1-9(2)4-5-10(3)15-13(20)16-11-6-14-17(7-11)8-12(18)19/h6-7,9-10H,4-5,8H2,1-3H3,(H,18,19)(H2,15,16,20). The second-order valence-electron chi connectivity index (χ2n) is 5.29. The second-order valence-corrected chi connectivity index (χ2v) is 5.29. The van der Waals surface area contributed by atoms with Gasteiger partial charge >= 0.3 is 12.0 Å². The number of aromatic nitrogens is 2. The molecule has 7 heteroatoms. The largest absolute Gasteiger partial charge is 0.480 e. The Balaban J connectivity index is 2.38. The molecular formula is C13H22N4O3. The molecule has 2 amide bonds. The molecule has 112 valence electrons. The van der Waals surface area contributed by atoms with Crippen LogP contribution in [0.5, 0.6) is 0 Å². The fourth-order valence-corrected chi connectivity index (χ4v) is 1.70. The van der Waals surface area contributed by atoms with Crippen LogP contribution in [0.4, 0.5) is 10.5 Å². The molecule has 20 heavy (non-hydrogen) atoms. The van der Waals surface area contributed by atoms with Gasteiger partial charge in [-0.3, -0.25) is 9.48 Å². The molecular weight excluding hydrogens is 260 g/mol. The number of hydrogen-bond donors (Lipinski definition) is 3. The molecule has 1 atom stereocenters. The van der Waals surface area contributed by atoms with Crippen molar-refractivity contribution in [3.05, 3.63) is 12.4 Å². The maximum absolute atomic E-state index is 11.7. The van der Waals surface area contributed by atoms with Crippen LogP contribution in [-0.2, 0) is 11.3 Å². The van der Waals surface area contributed by atoms with Gasteiger partial charge in [0.2, 0.25) is 0 Å². The zero-order chi connectivity index (χ0) is 15.1. The zero-order valence-corrected chi connectivity index (χ0v) is 12.1. The van der Waals surface area contributed by atoms with Gasteiger partial charge in [0.15, 0.2) is 0 Å². The maximum Gasteiger partial charge on any atom is 0.325 e. The van der Waals surface area contributed by atoms with Crippen LogP contribution in [0.15, 0.2) is 12.4 Å². The van der Waals surface area contributed by atoms with Crippen molar-refractivity contribution in [2.45, 2.75) is 46.2 Å². The van der Waals surface area contributed by atoms with Gasteiger partial charge in [-0.05, 0) is 25.7 Å². The van der Waals surface area contributed by atoms with Gasteiger partial charge in [-0.15, -0.1) is 0 Å². The van der Waals surface area contributed by atoms with Crippen molar-refractivity contribution < 1.29 is 14.7 Å². The van der Waals surface area contributed by atoms with Crippen molar-refractivity contribution in [3.8, 4) is 0 Å². The van der Waals surface area contributed by atoms with E-state index in [1.807, 2.05) is 6.92 Å². The summed E-state index contributed by atoms with van der Waals surface area (Å²) in [5, 5.41) is 17.9. The zero-order valence-electron chi connectivity index (χ0n) is 12.1. The summed E-state index contributed by atoms with van der Waals surface area (Å²) in [6.07, 6.45) is 4.87. The van der Waals surface area contributed by atoms with Crippen LogP contribution >= 0.6 is 0 Å². The Morgan fingerprint density at radius 3 is 2.65 bits per heavy atom. The van der Waals surface area contributed by atoms with Crippen molar-refractivity contribution in [1.82, 2.24) is 15.1 Å². The summed E-state index contributed by atoms with van der Waals surface area (Å²) < 4.78 is 1.25. The number of urea groups is 1. The molecule has 3 N–H and O–H groups in total. The van der Waals surface area contributed by atoms with Gasteiger partial charge in [0.25, 0.3) is 0 Å². The quantitative estimate of drug-likeness (QED) is 0.711. The summed E-state index contributed by atoms with van der Waals surface area (Å²) in [4.78, 5) is 22.2. The molecule has 0 bridgehead atoms. The van der Waals surface area contributed by atoms with E-state index < -0.39 is 5.97 Å². The Labute approximate surface area is 118 Å². The predicted octanol–water partition coefficient (Wildman–Crippen LogP) is 1.91. The van der Waals surface area contributed by atoms with E-state index in [4.69, 9.17) is 5.11 Å². The normalized spacial score (nSPS) is 12.2. The highest BCUT2D eigenvalue weighted by atomic mass is 16.4. The van der Waals surface area contributed by atoms with Crippen LogP contribution in [-0.4, -0.2) is 32.9 Å². The highest BCUT2D eigenvalue weighted by Crippen LogP contribution is 2.07. The van der Waals surface area contributed by atoms with Crippen molar-refractivity contribution in [2.75, 3.05) is 5.32 Å². The van der Waals surface area contributed by atoms with Crippen molar-refractivity contribution in [3.63, 3.8) is 0 Å². The fourth-order valence-electron chi connectivity index (χ4n) is 1.70. The molecule has 1 rings (SSSR count). The lowest BCUT2D eigenvalue weighted by atomic mass is 10.0. The summed E-state index contributed by atoms with van der Waals surface area (Å²) in [7, 11) is 0. The van der Waals surface area contributed by atoms with Crippen LogP contribution in [0.2, 0.25) is 0 Å². The minimum atomic E-state index is -0.980. The average Bonchev–Trinajstić information content (AvgIpc) is 2.72. The minimum absolute atomic E-state index is 0.0893. The van der Waals surface area contributed by atoms with Crippen LogP contribution in [0.25, 0.3) is 0 Å². The number of rotatable bonds is 7. The molecule has 0 fully saturated rings. The van der Waals surface area contributed by atoms with Crippen LogP contribution < -0.4 is 10.6 Å². The van der Waals surface area contributed by atoms with Crippen molar-refractivity contribution in [2.24, 2.45) is 5.92 Å². The number of carboxylic acid groups (broad SMARTS) is 1. The summed E-state index contributed by atoms with van der Waals surface area (Å²) in [6.45, 7) is 6.01. The number of anilines is 1. The molecule has 0 saturated carbocycles. The van der Waals surface area contributed by atoms with Gasteiger partial charge in [0, 0.05) is 12.2 Å². The molecule has 0 aliphatic heterocycles. The topological polar surface area (TPSA) is 96.3 Å².